The van der Waals surface area contributed by atoms with Gasteiger partial charge in [-0.05, 0) is 12.1 Å². The van der Waals surface area contributed by atoms with Gasteiger partial charge in [0, 0.05) is 14.1 Å². The van der Waals surface area contributed by atoms with Crippen molar-refractivity contribution < 1.29 is 8.78 Å². The highest BCUT2D eigenvalue weighted by atomic mass is 19.1. The average Bonchev–Trinajstić information content (AvgIpc) is 2.45. The van der Waals surface area contributed by atoms with Crippen LogP contribution in [0.25, 0.3) is 0 Å². The monoisotopic (exact) mass is 211 g/mol. The molecule has 0 radical (unpaired) electrons. The molecule has 0 aliphatic carbocycles. The van der Waals surface area contributed by atoms with Crippen LogP contribution in [0.3, 0.4) is 0 Å². The summed E-state index contributed by atoms with van der Waals surface area (Å²) in [5.74, 6) is -0.847. The minimum atomic E-state index is -0.587. The van der Waals surface area contributed by atoms with Crippen molar-refractivity contribution in [1.82, 2.24) is 9.91 Å². The first-order valence-electron chi connectivity index (χ1n) is 4.55. The number of benzene rings is 1. The molecule has 0 bridgehead atoms. The van der Waals surface area contributed by atoms with Gasteiger partial charge >= 0.3 is 0 Å². The van der Waals surface area contributed by atoms with E-state index in [1.165, 1.54) is 18.2 Å². The lowest BCUT2D eigenvalue weighted by molar-refractivity contribution is 0.303. The standard InChI is InChI=1S/C10H11F2N3/c1-14-6-15(2)13-10(14)9-7(11)4-3-5-8(9)12/h3-5H,6H2,1-2H3. The van der Waals surface area contributed by atoms with Crippen LogP contribution in [0, 0.1) is 11.6 Å². The molecule has 1 aliphatic heterocycles. The fraction of sp³-hybridized carbons (Fsp3) is 0.300. The summed E-state index contributed by atoms with van der Waals surface area (Å²) >= 11 is 0. The lowest BCUT2D eigenvalue weighted by atomic mass is 10.1. The minimum Gasteiger partial charge on any atom is -0.338 e. The summed E-state index contributed by atoms with van der Waals surface area (Å²) in [6.07, 6.45) is 0. The van der Waals surface area contributed by atoms with Crippen molar-refractivity contribution >= 4 is 5.84 Å². The molecule has 0 N–H and O–H groups in total. The molecule has 3 nitrogen and oxygen atoms in total. The zero-order chi connectivity index (χ0) is 11.0. The smallest absolute Gasteiger partial charge is 0.163 e. The molecule has 0 fully saturated rings. The number of hydrogen-bond donors (Lipinski definition) is 0. The van der Waals surface area contributed by atoms with E-state index < -0.39 is 11.6 Å². The number of hydrogen-bond acceptors (Lipinski definition) is 3. The van der Waals surface area contributed by atoms with Gasteiger partial charge in [0.05, 0.1) is 5.56 Å². The fourth-order valence-corrected chi connectivity index (χ4v) is 1.60. The zero-order valence-corrected chi connectivity index (χ0v) is 8.54. The molecule has 1 aliphatic rings. The first-order chi connectivity index (χ1) is 7.09. The Morgan fingerprint density at radius 3 is 2.27 bits per heavy atom. The van der Waals surface area contributed by atoms with Crippen molar-refractivity contribution in [3.8, 4) is 0 Å². The number of hydrazone groups is 1. The summed E-state index contributed by atoms with van der Waals surface area (Å²) in [4.78, 5) is 1.70. The third-order valence-corrected chi connectivity index (χ3v) is 2.23. The molecule has 0 unspecified atom stereocenters. The Bertz CT molecular complexity index is 397. The number of nitrogens with zero attached hydrogens (tertiary/aromatic N) is 3. The van der Waals surface area contributed by atoms with Gasteiger partial charge in [0.15, 0.2) is 5.84 Å². The van der Waals surface area contributed by atoms with E-state index in [-0.39, 0.29) is 5.56 Å². The molecule has 1 heterocycles. The molecular weight excluding hydrogens is 200 g/mol. The maximum atomic E-state index is 13.4. The van der Waals surface area contributed by atoms with Crippen molar-refractivity contribution in [3.63, 3.8) is 0 Å². The van der Waals surface area contributed by atoms with E-state index in [1.807, 2.05) is 0 Å². The van der Waals surface area contributed by atoms with Crippen LogP contribution >= 0.6 is 0 Å². The molecule has 0 saturated carbocycles. The molecule has 2 rings (SSSR count). The van der Waals surface area contributed by atoms with Gasteiger partial charge in [-0.3, -0.25) is 5.01 Å². The van der Waals surface area contributed by atoms with Crippen LogP contribution in [0.4, 0.5) is 8.78 Å². The molecular formula is C10H11F2N3. The Morgan fingerprint density at radius 2 is 1.80 bits per heavy atom. The fourth-order valence-electron chi connectivity index (χ4n) is 1.60. The molecule has 15 heavy (non-hydrogen) atoms. The van der Waals surface area contributed by atoms with Crippen molar-refractivity contribution in [2.45, 2.75) is 0 Å². The Morgan fingerprint density at radius 1 is 1.20 bits per heavy atom. The summed E-state index contributed by atoms with van der Waals surface area (Å²) in [6, 6.07) is 3.80. The van der Waals surface area contributed by atoms with Crippen LogP contribution in [-0.2, 0) is 0 Å². The van der Waals surface area contributed by atoms with Crippen LogP contribution in [0.2, 0.25) is 0 Å². The highest BCUT2D eigenvalue weighted by Crippen LogP contribution is 2.18. The molecule has 1 aromatic carbocycles. The molecule has 0 atom stereocenters. The van der Waals surface area contributed by atoms with Gasteiger partial charge in [-0.15, -0.1) is 0 Å². The molecule has 80 valence electrons. The normalized spacial score (nSPS) is 15.9. The van der Waals surface area contributed by atoms with E-state index >= 15 is 0 Å². The van der Waals surface area contributed by atoms with Gasteiger partial charge in [0.1, 0.15) is 18.3 Å². The number of amidine groups is 1. The number of halogens is 2. The van der Waals surface area contributed by atoms with Gasteiger partial charge in [0.2, 0.25) is 0 Å². The molecule has 0 spiro atoms. The first kappa shape index (κ1) is 9.89. The average molecular weight is 211 g/mol. The van der Waals surface area contributed by atoms with Crippen molar-refractivity contribution in [1.29, 1.82) is 0 Å². The topological polar surface area (TPSA) is 18.8 Å². The van der Waals surface area contributed by atoms with Crippen molar-refractivity contribution in [2.75, 3.05) is 20.8 Å². The number of rotatable bonds is 1. The maximum Gasteiger partial charge on any atom is 0.163 e. The quantitative estimate of drug-likeness (QED) is 0.700. The minimum absolute atomic E-state index is 0.0654. The Labute approximate surface area is 86.6 Å². The van der Waals surface area contributed by atoms with Crippen LogP contribution < -0.4 is 0 Å². The second-order valence-electron chi connectivity index (χ2n) is 3.52. The van der Waals surface area contributed by atoms with Crippen LogP contribution in [0.15, 0.2) is 23.3 Å². The van der Waals surface area contributed by atoms with E-state index in [1.54, 1.807) is 24.0 Å². The molecule has 0 saturated heterocycles. The molecule has 5 heteroatoms. The predicted molar refractivity (Wildman–Crippen MR) is 53.3 cm³/mol. The van der Waals surface area contributed by atoms with Crippen molar-refractivity contribution in [2.24, 2.45) is 5.10 Å². The van der Waals surface area contributed by atoms with Gasteiger partial charge in [-0.2, -0.15) is 5.10 Å². The molecule has 1 aromatic rings. The summed E-state index contributed by atoms with van der Waals surface area (Å²) < 4.78 is 26.9. The van der Waals surface area contributed by atoms with E-state index in [4.69, 9.17) is 0 Å². The largest absolute Gasteiger partial charge is 0.338 e. The summed E-state index contributed by atoms with van der Waals surface area (Å²) in [7, 11) is 3.50. The summed E-state index contributed by atoms with van der Waals surface area (Å²) in [5, 5.41) is 5.68. The Balaban J connectivity index is 2.50. The Kier molecular flexibility index (Phi) is 2.30. The lowest BCUT2D eigenvalue weighted by Gasteiger charge is -2.14. The highest BCUT2D eigenvalue weighted by molar-refractivity contribution is 5.99. The van der Waals surface area contributed by atoms with Crippen LogP contribution in [-0.4, -0.2) is 36.5 Å². The van der Waals surface area contributed by atoms with E-state index in [2.05, 4.69) is 5.10 Å². The summed E-state index contributed by atoms with van der Waals surface area (Å²) in [6.45, 7) is 0.531. The zero-order valence-electron chi connectivity index (χ0n) is 8.54. The summed E-state index contributed by atoms with van der Waals surface area (Å²) in [5.41, 5.74) is -0.0654. The maximum absolute atomic E-state index is 13.4. The Hall–Kier alpha value is -1.65. The van der Waals surface area contributed by atoms with E-state index in [0.29, 0.717) is 12.5 Å². The van der Waals surface area contributed by atoms with Gasteiger partial charge in [-0.1, -0.05) is 6.07 Å². The van der Waals surface area contributed by atoms with Gasteiger partial charge < -0.3 is 4.90 Å². The molecule has 0 amide bonds. The third kappa shape index (κ3) is 1.65. The first-order valence-corrected chi connectivity index (χ1v) is 4.55. The van der Waals surface area contributed by atoms with Crippen molar-refractivity contribution in [3.05, 3.63) is 35.4 Å². The lowest BCUT2D eigenvalue weighted by Crippen LogP contribution is -2.27. The van der Waals surface area contributed by atoms with E-state index in [0.717, 1.165) is 0 Å². The second-order valence-corrected chi connectivity index (χ2v) is 3.52. The van der Waals surface area contributed by atoms with Crippen LogP contribution in [0.1, 0.15) is 5.56 Å². The SMILES string of the molecule is CN1CN(C)C(c2c(F)cccc2F)=N1. The highest BCUT2D eigenvalue weighted by Gasteiger charge is 2.24. The third-order valence-electron chi connectivity index (χ3n) is 2.23. The van der Waals surface area contributed by atoms with E-state index in [9.17, 15) is 8.78 Å². The molecule has 0 aromatic heterocycles. The van der Waals surface area contributed by atoms with Gasteiger partial charge in [-0.25, -0.2) is 8.78 Å². The predicted octanol–water partition coefficient (Wildman–Crippen LogP) is 1.46. The second kappa shape index (κ2) is 3.49. The van der Waals surface area contributed by atoms with Crippen LogP contribution in [0.5, 0.6) is 0 Å². The van der Waals surface area contributed by atoms with Gasteiger partial charge in [0.25, 0.3) is 0 Å².